The number of aromatic nitrogens is 2. The number of rotatable bonds is 3. The molecular formula is C15H15N3O4. The smallest absolute Gasteiger partial charge is 0.334 e. The van der Waals surface area contributed by atoms with Crippen LogP contribution in [0.4, 0.5) is 0 Å². The number of amides is 1. The third-order valence-electron chi connectivity index (χ3n) is 3.49. The summed E-state index contributed by atoms with van der Waals surface area (Å²) in [5.41, 5.74) is 1.28. The first-order valence-electron chi connectivity index (χ1n) is 6.89. The number of hydrogen-bond acceptors (Lipinski definition) is 4. The van der Waals surface area contributed by atoms with Gasteiger partial charge in [0.05, 0.1) is 18.8 Å². The van der Waals surface area contributed by atoms with Gasteiger partial charge < -0.3 is 14.7 Å². The first-order valence-corrected chi connectivity index (χ1v) is 6.89. The second-order valence-corrected chi connectivity index (χ2v) is 4.95. The number of hydrogen-bond donors (Lipinski definition) is 1. The van der Waals surface area contributed by atoms with Crippen LogP contribution in [0.25, 0.3) is 5.69 Å². The van der Waals surface area contributed by atoms with Crippen molar-refractivity contribution in [2.75, 3.05) is 19.7 Å². The highest BCUT2D eigenvalue weighted by Crippen LogP contribution is 2.14. The van der Waals surface area contributed by atoms with Gasteiger partial charge in [0.1, 0.15) is 0 Å². The predicted molar refractivity (Wildman–Crippen MR) is 76.8 cm³/mol. The predicted octanol–water partition coefficient (Wildman–Crippen LogP) is 0.798. The number of morpholine rings is 1. The van der Waals surface area contributed by atoms with Crippen molar-refractivity contribution in [2.45, 2.75) is 6.10 Å². The van der Waals surface area contributed by atoms with Gasteiger partial charge in [-0.1, -0.05) is 6.07 Å². The molecule has 1 aliphatic heterocycles. The largest absolute Gasteiger partial charge is 0.479 e. The van der Waals surface area contributed by atoms with Gasteiger partial charge in [-0.2, -0.15) is 5.10 Å². The van der Waals surface area contributed by atoms with Gasteiger partial charge in [-0.25, -0.2) is 9.48 Å². The molecule has 1 fully saturated rings. The minimum absolute atomic E-state index is 0.0557. The molecule has 1 atom stereocenters. The zero-order valence-corrected chi connectivity index (χ0v) is 11.8. The summed E-state index contributed by atoms with van der Waals surface area (Å²) in [5.74, 6) is -1.26. The molecule has 0 radical (unpaired) electrons. The van der Waals surface area contributed by atoms with Gasteiger partial charge in [0, 0.05) is 24.5 Å². The molecule has 0 unspecified atom stereocenters. The Bertz CT molecular complexity index is 684. The Labute approximate surface area is 126 Å². The molecule has 7 nitrogen and oxygen atoms in total. The number of carbonyl (C=O) groups excluding carboxylic acids is 1. The van der Waals surface area contributed by atoms with Gasteiger partial charge in [0.15, 0.2) is 6.10 Å². The molecule has 0 saturated carbocycles. The molecule has 2 heterocycles. The SMILES string of the molecule is O=C(O)[C@H]1CN(C(=O)c2cccc(-n3cccn3)c2)CCO1. The van der Waals surface area contributed by atoms with E-state index >= 15 is 0 Å². The lowest BCUT2D eigenvalue weighted by Gasteiger charge is -2.31. The fraction of sp³-hybridized carbons (Fsp3) is 0.267. The highest BCUT2D eigenvalue weighted by molar-refractivity contribution is 5.95. The Balaban J connectivity index is 1.80. The van der Waals surface area contributed by atoms with E-state index in [9.17, 15) is 9.59 Å². The van der Waals surface area contributed by atoms with Crippen LogP contribution in [0.3, 0.4) is 0 Å². The van der Waals surface area contributed by atoms with E-state index in [-0.39, 0.29) is 19.1 Å². The Morgan fingerprint density at radius 1 is 1.32 bits per heavy atom. The minimum atomic E-state index is -1.05. The number of carbonyl (C=O) groups is 2. The first kappa shape index (κ1) is 14.3. The average Bonchev–Trinajstić information content (AvgIpc) is 3.09. The van der Waals surface area contributed by atoms with Gasteiger partial charge in [0.2, 0.25) is 0 Å². The maximum Gasteiger partial charge on any atom is 0.334 e. The molecule has 22 heavy (non-hydrogen) atoms. The average molecular weight is 301 g/mol. The summed E-state index contributed by atoms with van der Waals surface area (Å²) in [7, 11) is 0. The number of nitrogens with zero attached hydrogens (tertiary/aromatic N) is 3. The third-order valence-corrected chi connectivity index (χ3v) is 3.49. The van der Waals surface area contributed by atoms with Gasteiger partial charge >= 0.3 is 5.97 Å². The second-order valence-electron chi connectivity index (χ2n) is 4.95. The van der Waals surface area contributed by atoms with Crippen molar-refractivity contribution in [3.8, 4) is 5.69 Å². The van der Waals surface area contributed by atoms with Crippen LogP contribution in [0, 0.1) is 0 Å². The first-order chi connectivity index (χ1) is 10.6. The number of carboxylic acids is 1. The molecule has 114 valence electrons. The molecule has 1 N–H and O–H groups in total. The van der Waals surface area contributed by atoms with E-state index in [1.165, 1.54) is 4.90 Å². The second kappa shape index (κ2) is 5.98. The van der Waals surface area contributed by atoms with Crippen LogP contribution >= 0.6 is 0 Å². The monoisotopic (exact) mass is 301 g/mol. The molecule has 7 heteroatoms. The third kappa shape index (κ3) is 2.84. The van der Waals surface area contributed by atoms with E-state index in [1.54, 1.807) is 41.3 Å². The topological polar surface area (TPSA) is 84.7 Å². The summed E-state index contributed by atoms with van der Waals surface area (Å²) in [6.07, 6.45) is 2.49. The molecule has 1 amide bonds. The van der Waals surface area contributed by atoms with E-state index in [1.807, 2.05) is 6.07 Å². The van der Waals surface area contributed by atoms with E-state index < -0.39 is 12.1 Å². The molecule has 0 bridgehead atoms. The molecular weight excluding hydrogens is 286 g/mol. The summed E-state index contributed by atoms with van der Waals surface area (Å²) in [6, 6.07) is 8.87. The highest BCUT2D eigenvalue weighted by Gasteiger charge is 2.29. The highest BCUT2D eigenvalue weighted by atomic mass is 16.5. The minimum Gasteiger partial charge on any atom is -0.479 e. The maximum atomic E-state index is 12.5. The fourth-order valence-electron chi connectivity index (χ4n) is 2.37. The quantitative estimate of drug-likeness (QED) is 0.906. The summed E-state index contributed by atoms with van der Waals surface area (Å²) in [4.78, 5) is 25.0. The molecule has 1 saturated heterocycles. The van der Waals surface area contributed by atoms with E-state index in [0.29, 0.717) is 12.1 Å². The Kier molecular flexibility index (Phi) is 3.88. The lowest BCUT2D eigenvalue weighted by atomic mass is 10.1. The zero-order valence-electron chi connectivity index (χ0n) is 11.8. The van der Waals surface area contributed by atoms with Crippen molar-refractivity contribution in [2.24, 2.45) is 0 Å². The summed E-state index contributed by atoms with van der Waals surface area (Å²) < 4.78 is 6.79. The zero-order chi connectivity index (χ0) is 15.5. The summed E-state index contributed by atoms with van der Waals surface area (Å²) >= 11 is 0. The van der Waals surface area contributed by atoms with Crippen LogP contribution in [0.1, 0.15) is 10.4 Å². The number of benzene rings is 1. The van der Waals surface area contributed by atoms with Crippen LogP contribution in [0.15, 0.2) is 42.7 Å². The molecule has 0 spiro atoms. The van der Waals surface area contributed by atoms with Crippen molar-refractivity contribution in [3.63, 3.8) is 0 Å². The van der Waals surface area contributed by atoms with E-state index in [2.05, 4.69) is 5.10 Å². The number of aliphatic carboxylic acids is 1. The summed E-state index contributed by atoms with van der Waals surface area (Å²) in [5, 5.41) is 13.1. The van der Waals surface area contributed by atoms with Crippen molar-refractivity contribution in [1.29, 1.82) is 0 Å². The van der Waals surface area contributed by atoms with Crippen LogP contribution in [-0.4, -0.2) is 57.5 Å². The van der Waals surface area contributed by atoms with Crippen molar-refractivity contribution in [1.82, 2.24) is 14.7 Å². The molecule has 1 aliphatic rings. The van der Waals surface area contributed by atoms with Crippen molar-refractivity contribution >= 4 is 11.9 Å². The maximum absolute atomic E-state index is 12.5. The van der Waals surface area contributed by atoms with Crippen LogP contribution in [0.5, 0.6) is 0 Å². The molecule has 0 aliphatic carbocycles. The number of carboxylic acid groups (broad SMARTS) is 1. The van der Waals surface area contributed by atoms with Crippen molar-refractivity contribution in [3.05, 3.63) is 48.3 Å². The lowest BCUT2D eigenvalue weighted by molar-refractivity contribution is -0.154. The summed E-state index contributed by atoms with van der Waals surface area (Å²) in [6.45, 7) is 0.663. The van der Waals surface area contributed by atoms with Crippen LogP contribution < -0.4 is 0 Å². The molecule has 2 aromatic rings. The lowest BCUT2D eigenvalue weighted by Crippen LogP contribution is -2.48. The molecule has 1 aromatic carbocycles. The normalized spacial score (nSPS) is 18.2. The molecule has 1 aromatic heterocycles. The van der Waals surface area contributed by atoms with Crippen molar-refractivity contribution < 1.29 is 19.4 Å². The molecule has 3 rings (SSSR count). The van der Waals surface area contributed by atoms with Gasteiger partial charge in [-0.05, 0) is 24.3 Å². The number of ether oxygens (including phenoxy) is 1. The van der Waals surface area contributed by atoms with E-state index in [4.69, 9.17) is 9.84 Å². The van der Waals surface area contributed by atoms with E-state index in [0.717, 1.165) is 5.69 Å². The fourth-order valence-corrected chi connectivity index (χ4v) is 2.37. The van der Waals surface area contributed by atoms with Gasteiger partial charge in [-0.15, -0.1) is 0 Å². The standard InChI is InChI=1S/C15H15N3O4/c19-14(17-7-8-22-13(10-17)15(20)21)11-3-1-4-12(9-11)18-6-2-5-16-18/h1-6,9,13H,7-8,10H2,(H,20,21)/t13-/m1/s1. The van der Waals surface area contributed by atoms with Gasteiger partial charge in [0.25, 0.3) is 5.91 Å². The van der Waals surface area contributed by atoms with Crippen LogP contribution in [-0.2, 0) is 9.53 Å². The Morgan fingerprint density at radius 2 is 2.18 bits per heavy atom. The van der Waals surface area contributed by atoms with Crippen LogP contribution in [0.2, 0.25) is 0 Å². The Hall–Kier alpha value is -2.67. The van der Waals surface area contributed by atoms with Gasteiger partial charge in [-0.3, -0.25) is 4.79 Å². The Morgan fingerprint density at radius 3 is 2.91 bits per heavy atom.